The van der Waals surface area contributed by atoms with Gasteiger partial charge in [-0.25, -0.2) is 8.78 Å². The van der Waals surface area contributed by atoms with E-state index in [-0.39, 0.29) is 5.71 Å². The third-order valence-corrected chi connectivity index (χ3v) is 2.22. The molecule has 0 aromatic heterocycles. The van der Waals surface area contributed by atoms with Crippen molar-refractivity contribution in [2.24, 2.45) is 10.8 Å². The van der Waals surface area contributed by atoms with Gasteiger partial charge in [0.2, 0.25) is 5.71 Å². The monoisotopic (exact) mass is 281 g/mol. The number of benzene rings is 1. The Balaban J connectivity index is 2.79. The molecular weight excluding hydrogens is 268 g/mol. The number of rotatable bonds is 6. The van der Waals surface area contributed by atoms with Gasteiger partial charge in [-0.15, -0.1) is 0 Å². The molecule has 20 heavy (non-hydrogen) atoms. The molecule has 0 spiro atoms. The lowest BCUT2D eigenvalue weighted by molar-refractivity contribution is 0.0819. The Morgan fingerprint density at radius 2 is 2.30 bits per heavy atom. The quantitative estimate of drug-likeness (QED) is 0.420. The molecule has 0 amide bonds. The Labute approximate surface area is 114 Å². The van der Waals surface area contributed by atoms with Crippen LogP contribution in [-0.4, -0.2) is 24.6 Å². The summed E-state index contributed by atoms with van der Waals surface area (Å²) in [6.45, 7) is 1.04. The van der Waals surface area contributed by atoms with Crippen molar-refractivity contribution in [3.63, 3.8) is 0 Å². The maximum Gasteiger partial charge on any atom is 0.272 e. The summed E-state index contributed by atoms with van der Waals surface area (Å²) in [5.41, 5.74) is 8.70. The summed E-state index contributed by atoms with van der Waals surface area (Å²) in [6, 6.07) is 6.28. The molecule has 0 fully saturated rings. The minimum atomic E-state index is -2.54. The highest BCUT2D eigenvalue weighted by Gasteiger charge is 2.06. The van der Waals surface area contributed by atoms with Crippen LogP contribution >= 0.6 is 0 Å². The molecule has 4 N–H and O–H groups in total. The van der Waals surface area contributed by atoms with Gasteiger partial charge in [0.25, 0.3) is 6.43 Å². The number of hydrogen-bond acceptors (Lipinski definition) is 5. The van der Waals surface area contributed by atoms with Crippen LogP contribution in [0.5, 0.6) is 5.75 Å². The molecule has 0 aliphatic carbocycles. The van der Waals surface area contributed by atoms with Crippen LogP contribution in [0.1, 0.15) is 5.56 Å². The van der Waals surface area contributed by atoms with Gasteiger partial charge >= 0.3 is 0 Å². The van der Waals surface area contributed by atoms with Gasteiger partial charge in [0, 0.05) is 0 Å². The number of aryl methyl sites for hydroxylation is 1. The van der Waals surface area contributed by atoms with Gasteiger partial charge in [-0.05, 0) is 30.7 Å². The van der Waals surface area contributed by atoms with E-state index in [1.54, 1.807) is 25.1 Å². The molecule has 106 valence electrons. The number of alkyl halides is 2. The van der Waals surface area contributed by atoms with Gasteiger partial charge in [0.1, 0.15) is 18.4 Å². The lowest BCUT2D eigenvalue weighted by atomic mass is 10.2. The second-order valence-corrected chi connectivity index (χ2v) is 3.78. The van der Waals surface area contributed by atoms with Crippen LogP contribution in [0.25, 0.3) is 0 Å². The van der Waals surface area contributed by atoms with E-state index in [1.807, 2.05) is 0 Å². The number of ether oxygens (including phenoxy) is 1. The van der Waals surface area contributed by atoms with Crippen molar-refractivity contribution < 1.29 is 13.5 Å². The standard InChI is InChI=1S/C12H13F2N5O/c1-7-4-8(20-6-11(13)14)2-3-9(7)18-19-10(5-15)12(16)17/h2-4,11,18H,6H2,1H3,(H3,16,17)/b19-10+. The number of hydrogen-bond donors (Lipinski definition) is 3. The van der Waals surface area contributed by atoms with Crippen LogP contribution in [0.3, 0.4) is 0 Å². The Kier molecular flexibility index (Phi) is 5.41. The van der Waals surface area contributed by atoms with E-state index >= 15 is 0 Å². The molecule has 1 aromatic rings. The third-order valence-electron chi connectivity index (χ3n) is 2.22. The van der Waals surface area contributed by atoms with Crippen LogP contribution in [0.4, 0.5) is 14.5 Å². The fraction of sp³-hybridized carbons (Fsp3) is 0.250. The van der Waals surface area contributed by atoms with Crippen molar-refractivity contribution in [1.82, 2.24) is 0 Å². The van der Waals surface area contributed by atoms with Gasteiger partial charge in [0.15, 0.2) is 5.84 Å². The lowest BCUT2D eigenvalue weighted by Crippen LogP contribution is -2.21. The van der Waals surface area contributed by atoms with Crippen LogP contribution in [0.15, 0.2) is 23.3 Å². The summed E-state index contributed by atoms with van der Waals surface area (Å²) < 4.78 is 28.9. The fourth-order valence-corrected chi connectivity index (χ4v) is 1.27. The van der Waals surface area contributed by atoms with E-state index < -0.39 is 18.9 Å². The number of nitrogens with zero attached hydrogens (tertiary/aromatic N) is 2. The van der Waals surface area contributed by atoms with Crippen molar-refractivity contribution in [2.75, 3.05) is 12.0 Å². The van der Waals surface area contributed by atoms with Crippen LogP contribution < -0.4 is 15.9 Å². The van der Waals surface area contributed by atoms with Gasteiger partial charge in [-0.3, -0.25) is 10.8 Å². The summed E-state index contributed by atoms with van der Waals surface area (Å²) in [7, 11) is 0. The van der Waals surface area contributed by atoms with E-state index in [0.29, 0.717) is 17.0 Å². The largest absolute Gasteiger partial charge is 0.488 e. The molecule has 0 bridgehead atoms. The summed E-state index contributed by atoms with van der Waals surface area (Å²) >= 11 is 0. The van der Waals surface area contributed by atoms with Gasteiger partial charge in [-0.2, -0.15) is 10.4 Å². The Morgan fingerprint density at radius 1 is 1.60 bits per heavy atom. The molecule has 0 heterocycles. The molecule has 0 saturated heterocycles. The summed E-state index contributed by atoms with van der Waals surface area (Å²) in [4.78, 5) is 0. The van der Waals surface area contributed by atoms with Crippen molar-refractivity contribution in [3.05, 3.63) is 23.8 Å². The average Bonchev–Trinajstić information content (AvgIpc) is 2.38. The first-order valence-electron chi connectivity index (χ1n) is 5.54. The molecule has 0 atom stereocenters. The molecular formula is C12H13F2N5O. The van der Waals surface area contributed by atoms with E-state index in [0.717, 1.165) is 0 Å². The van der Waals surface area contributed by atoms with Crippen molar-refractivity contribution in [3.8, 4) is 11.8 Å². The van der Waals surface area contributed by atoms with E-state index in [9.17, 15) is 8.78 Å². The number of anilines is 1. The fourth-order valence-electron chi connectivity index (χ4n) is 1.27. The van der Waals surface area contributed by atoms with Gasteiger partial charge in [0.05, 0.1) is 5.69 Å². The SMILES string of the molecule is Cc1cc(OCC(F)F)ccc1N/N=C(\C#N)C(=N)N. The number of amidine groups is 1. The van der Waals surface area contributed by atoms with Crippen LogP contribution in [0, 0.1) is 23.7 Å². The molecule has 0 radical (unpaired) electrons. The third kappa shape index (κ3) is 4.53. The highest BCUT2D eigenvalue weighted by atomic mass is 19.3. The first-order chi connectivity index (χ1) is 9.43. The predicted octanol–water partition coefficient (Wildman–Crippen LogP) is 1.87. The Morgan fingerprint density at radius 3 is 2.80 bits per heavy atom. The number of nitriles is 1. The number of hydrazone groups is 1. The van der Waals surface area contributed by atoms with Crippen molar-refractivity contribution in [2.45, 2.75) is 13.3 Å². The second-order valence-electron chi connectivity index (χ2n) is 3.78. The normalized spacial score (nSPS) is 11.1. The van der Waals surface area contributed by atoms with E-state index in [1.165, 1.54) is 6.07 Å². The molecule has 0 saturated carbocycles. The number of nitrogens with two attached hydrogens (primary N) is 1. The van der Waals surface area contributed by atoms with E-state index in [2.05, 4.69) is 10.5 Å². The molecule has 6 nitrogen and oxygen atoms in total. The molecule has 8 heteroatoms. The molecule has 0 aliphatic rings. The molecule has 1 rings (SSSR count). The van der Waals surface area contributed by atoms with Crippen molar-refractivity contribution in [1.29, 1.82) is 10.7 Å². The first kappa shape index (κ1) is 15.4. The highest BCUT2D eigenvalue weighted by molar-refractivity contribution is 6.45. The van der Waals surface area contributed by atoms with E-state index in [4.69, 9.17) is 21.1 Å². The predicted molar refractivity (Wildman–Crippen MR) is 71.3 cm³/mol. The zero-order valence-corrected chi connectivity index (χ0v) is 10.7. The molecule has 1 aromatic carbocycles. The van der Waals surface area contributed by atoms with Gasteiger partial charge in [-0.1, -0.05) is 0 Å². The maximum atomic E-state index is 12.0. The first-order valence-corrected chi connectivity index (χ1v) is 5.54. The second kappa shape index (κ2) is 7.04. The van der Waals surface area contributed by atoms with Gasteiger partial charge < -0.3 is 10.5 Å². The molecule has 0 aliphatic heterocycles. The summed E-state index contributed by atoms with van der Waals surface area (Å²) in [6.07, 6.45) is -2.54. The summed E-state index contributed by atoms with van der Waals surface area (Å²) in [5, 5.41) is 19.4. The topological polar surface area (TPSA) is 107 Å². The maximum absolute atomic E-state index is 12.0. The molecule has 0 unspecified atom stereocenters. The average molecular weight is 281 g/mol. The Bertz CT molecular complexity index is 565. The number of nitrogens with one attached hydrogen (secondary N) is 2. The highest BCUT2D eigenvalue weighted by Crippen LogP contribution is 2.21. The lowest BCUT2D eigenvalue weighted by Gasteiger charge is -2.09. The summed E-state index contributed by atoms with van der Waals surface area (Å²) in [5.74, 6) is -0.140. The minimum Gasteiger partial charge on any atom is -0.488 e. The Hall–Kier alpha value is -2.69. The smallest absolute Gasteiger partial charge is 0.272 e. The van der Waals surface area contributed by atoms with Crippen molar-refractivity contribution >= 4 is 17.2 Å². The van der Waals surface area contributed by atoms with Crippen LogP contribution in [0.2, 0.25) is 0 Å². The number of halogens is 2. The zero-order chi connectivity index (χ0) is 15.1. The van der Waals surface area contributed by atoms with Crippen LogP contribution in [-0.2, 0) is 0 Å². The minimum absolute atomic E-state index is 0.248. The zero-order valence-electron chi connectivity index (χ0n) is 10.7.